The molecular weight excluding hydrogens is 244 g/mol. The van der Waals surface area contributed by atoms with E-state index < -0.39 is 0 Å². The summed E-state index contributed by atoms with van der Waals surface area (Å²) >= 11 is 0. The van der Waals surface area contributed by atoms with Gasteiger partial charge in [0.2, 0.25) is 0 Å². The molecule has 0 rings (SSSR count). The second-order valence-electron chi connectivity index (χ2n) is 7.13. The molecule has 0 aliphatic heterocycles. The van der Waals surface area contributed by atoms with Gasteiger partial charge in [0.15, 0.2) is 0 Å². The highest BCUT2D eigenvalue weighted by Gasteiger charge is 2.06. The van der Waals surface area contributed by atoms with Crippen molar-refractivity contribution >= 4 is 6.29 Å². The van der Waals surface area contributed by atoms with Crippen molar-refractivity contribution in [1.29, 1.82) is 0 Å². The van der Waals surface area contributed by atoms with Crippen molar-refractivity contribution in [2.24, 2.45) is 17.8 Å². The van der Waals surface area contributed by atoms with Gasteiger partial charge in [0.05, 0.1) is 0 Å². The Morgan fingerprint density at radius 1 is 0.850 bits per heavy atom. The Kier molecular flexibility index (Phi) is 11.8. The molecule has 2 atom stereocenters. The Bertz CT molecular complexity index is 254. The molecule has 0 amide bonds. The maximum Gasteiger partial charge on any atom is 0.145 e. The third kappa shape index (κ3) is 12.4. The minimum absolute atomic E-state index is 0.746. The van der Waals surface area contributed by atoms with E-state index in [1.165, 1.54) is 44.9 Å². The maximum absolute atomic E-state index is 10.5. The number of carbonyl (C=O) groups is 1. The fraction of sp³-hybridized carbons (Fsp3) is 0.842. The molecule has 0 aromatic rings. The second-order valence-corrected chi connectivity index (χ2v) is 7.13. The second kappa shape index (κ2) is 12.2. The highest BCUT2D eigenvalue weighted by molar-refractivity contribution is 5.71. The molecule has 0 N–H and O–H groups in total. The molecule has 1 nitrogen and oxygen atoms in total. The Balaban J connectivity index is 3.47. The van der Waals surface area contributed by atoms with Gasteiger partial charge in [-0.1, -0.05) is 79.2 Å². The zero-order valence-electron chi connectivity index (χ0n) is 14.3. The summed E-state index contributed by atoms with van der Waals surface area (Å²) in [7, 11) is 0. The van der Waals surface area contributed by atoms with Crippen molar-refractivity contribution < 1.29 is 4.79 Å². The summed E-state index contributed by atoms with van der Waals surface area (Å²) in [6.07, 6.45) is 12.3. The summed E-state index contributed by atoms with van der Waals surface area (Å²) < 4.78 is 0. The van der Waals surface area contributed by atoms with Crippen LogP contribution in [0.5, 0.6) is 0 Å². The molecule has 0 saturated carbocycles. The number of hydrogen-bond acceptors (Lipinski definition) is 1. The number of carbonyl (C=O) groups excluding carboxylic acids is 1. The summed E-state index contributed by atoms with van der Waals surface area (Å²) in [4.78, 5) is 10.5. The molecule has 0 aromatic carbocycles. The summed E-state index contributed by atoms with van der Waals surface area (Å²) in [6.45, 7) is 13.1. The van der Waals surface area contributed by atoms with E-state index in [1.54, 1.807) is 0 Å². The van der Waals surface area contributed by atoms with Crippen LogP contribution in [0.25, 0.3) is 0 Å². The number of allylic oxidation sites excluding steroid dienone is 1. The van der Waals surface area contributed by atoms with Crippen LogP contribution >= 0.6 is 0 Å². The number of rotatable bonds is 13. The molecule has 20 heavy (non-hydrogen) atoms. The van der Waals surface area contributed by atoms with Gasteiger partial charge in [-0.05, 0) is 36.2 Å². The van der Waals surface area contributed by atoms with Gasteiger partial charge in [-0.15, -0.1) is 0 Å². The van der Waals surface area contributed by atoms with Crippen molar-refractivity contribution in [1.82, 2.24) is 0 Å². The molecule has 0 radical (unpaired) electrons. The van der Waals surface area contributed by atoms with Gasteiger partial charge in [-0.3, -0.25) is 4.79 Å². The van der Waals surface area contributed by atoms with Gasteiger partial charge in [0.25, 0.3) is 0 Å². The Morgan fingerprint density at radius 2 is 1.30 bits per heavy atom. The Hall–Kier alpha value is -0.590. The number of aldehydes is 1. The van der Waals surface area contributed by atoms with Crippen LogP contribution in [0.15, 0.2) is 12.2 Å². The predicted octanol–water partition coefficient (Wildman–Crippen LogP) is 6.18. The molecule has 118 valence electrons. The molecule has 0 heterocycles. The van der Waals surface area contributed by atoms with Crippen molar-refractivity contribution in [3.05, 3.63) is 12.2 Å². The summed E-state index contributed by atoms with van der Waals surface area (Å²) in [5.41, 5.74) is 0.746. The van der Waals surface area contributed by atoms with Gasteiger partial charge < -0.3 is 0 Å². The highest BCUT2D eigenvalue weighted by Crippen LogP contribution is 2.21. The first kappa shape index (κ1) is 19.4. The molecule has 0 aliphatic rings. The van der Waals surface area contributed by atoms with Crippen LogP contribution in [0.1, 0.15) is 85.5 Å². The summed E-state index contributed by atoms with van der Waals surface area (Å²) in [5, 5.41) is 0. The average Bonchev–Trinajstić information content (AvgIpc) is 2.38. The van der Waals surface area contributed by atoms with Crippen LogP contribution in [-0.4, -0.2) is 6.29 Å². The van der Waals surface area contributed by atoms with Gasteiger partial charge >= 0.3 is 0 Å². The predicted molar refractivity (Wildman–Crippen MR) is 89.9 cm³/mol. The topological polar surface area (TPSA) is 17.1 Å². The van der Waals surface area contributed by atoms with E-state index in [0.29, 0.717) is 0 Å². The Labute approximate surface area is 127 Å². The highest BCUT2D eigenvalue weighted by atomic mass is 16.1. The van der Waals surface area contributed by atoms with Crippen LogP contribution in [0, 0.1) is 17.8 Å². The van der Waals surface area contributed by atoms with Gasteiger partial charge in [-0.2, -0.15) is 0 Å². The molecule has 0 aliphatic carbocycles. The molecule has 0 fully saturated rings. The van der Waals surface area contributed by atoms with E-state index >= 15 is 0 Å². The lowest BCUT2D eigenvalue weighted by atomic mass is 9.91. The van der Waals surface area contributed by atoms with E-state index in [2.05, 4.69) is 34.3 Å². The van der Waals surface area contributed by atoms with Gasteiger partial charge in [-0.25, -0.2) is 0 Å². The van der Waals surface area contributed by atoms with Crippen molar-refractivity contribution in [3.63, 3.8) is 0 Å². The summed E-state index contributed by atoms with van der Waals surface area (Å²) in [6, 6.07) is 0. The molecule has 0 aromatic heterocycles. The molecule has 2 unspecified atom stereocenters. The van der Waals surface area contributed by atoms with Crippen LogP contribution in [0.2, 0.25) is 0 Å². The van der Waals surface area contributed by atoms with E-state index in [-0.39, 0.29) is 0 Å². The molecule has 0 spiro atoms. The number of hydrogen-bond donors (Lipinski definition) is 0. The normalized spacial score (nSPS) is 14.2. The van der Waals surface area contributed by atoms with E-state index in [0.717, 1.165) is 42.5 Å². The van der Waals surface area contributed by atoms with Crippen LogP contribution < -0.4 is 0 Å². The zero-order valence-corrected chi connectivity index (χ0v) is 14.3. The Morgan fingerprint density at radius 3 is 1.75 bits per heavy atom. The maximum atomic E-state index is 10.5. The average molecular weight is 280 g/mol. The fourth-order valence-corrected chi connectivity index (χ4v) is 2.71. The van der Waals surface area contributed by atoms with Crippen molar-refractivity contribution in [3.8, 4) is 0 Å². The lowest BCUT2D eigenvalue weighted by molar-refractivity contribution is -0.105. The quantitative estimate of drug-likeness (QED) is 0.291. The first-order valence-corrected chi connectivity index (χ1v) is 8.58. The SMILES string of the molecule is C=C(C=O)CCCC(C)CCCC(C)CCCC(C)C. The van der Waals surface area contributed by atoms with Gasteiger partial charge in [0.1, 0.15) is 6.29 Å². The molecular formula is C19H36O. The van der Waals surface area contributed by atoms with Crippen LogP contribution in [-0.2, 0) is 4.79 Å². The van der Waals surface area contributed by atoms with Crippen LogP contribution in [0.4, 0.5) is 0 Å². The third-order valence-electron chi connectivity index (χ3n) is 4.23. The fourth-order valence-electron chi connectivity index (χ4n) is 2.71. The molecule has 0 saturated heterocycles. The van der Waals surface area contributed by atoms with E-state index in [1.807, 2.05) is 0 Å². The minimum Gasteiger partial charge on any atom is -0.298 e. The van der Waals surface area contributed by atoms with E-state index in [4.69, 9.17) is 0 Å². The standard InChI is InChI=1S/C19H36O/c1-16(2)9-6-10-17(3)11-7-12-18(4)13-8-14-19(5)15-20/h15-18H,5-14H2,1-4H3. The van der Waals surface area contributed by atoms with Crippen LogP contribution in [0.3, 0.4) is 0 Å². The van der Waals surface area contributed by atoms with Crippen molar-refractivity contribution in [2.75, 3.05) is 0 Å². The lowest BCUT2D eigenvalue weighted by Crippen LogP contribution is -2.00. The molecule has 0 bridgehead atoms. The first-order chi connectivity index (χ1) is 9.45. The van der Waals surface area contributed by atoms with E-state index in [9.17, 15) is 4.79 Å². The monoisotopic (exact) mass is 280 g/mol. The van der Waals surface area contributed by atoms with Gasteiger partial charge in [0, 0.05) is 0 Å². The first-order valence-electron chi connectivity index (χ1n) is 8.58. The third-order valence-corrected chi connectivity index (χ3v) is 4.23. The molecule has 1 heteroatoms. The zero-order chi connectivity index (χ0) is 15.4. The van der Waals surface area contributed by atoms with Crippen molar-refractivity contribution in [2.45, 2.75) is 85.5 Å². The lowest BCUT2D eigenvalue weighted by Gasteiger charge is -2.15. The summed E-state index contributed by atoms with van der Waals surface area (Å²) in [5.74, 6) is 2.52. The minimum atomic E-state index is 0.746. The smallest absolute Gasteiger partial charge is 0.145 e. The largest absolute Gasteiger partial charge is 0.298 e.